The fraction of sp³-hybridized carbons (Fsp3) is 0.105. The zero-order chi connectivity index (χ0) is 16.4. The minimum atomic E-state index is 0.597. The number of nitrogens with one attached hydrogen (secondary N) is 1. The molecule has 2 aromatic carbocycles. The number of aromatic amines is 1. The Bertz CT molecular complexity index is 957. The summed E-state index contributed by atoms with van der Waals surface area (Å²) in [6.45, 7) is 2.08. The van der Waals surface area contributed by atoms with Crippen LogP contribution >= 0.6 is 0 Å². The first-order chi connectivity index (χ1) is 11.8. The van der Waals surface area contributed by atoms with E-state index >= 15 is 0 Å². The number of rotatable bonds is 4. The first kappa shape index (κ1) is 14.4. The zero-order valence-electron chi connectivity index (χ0n) is 13.2. The van der Waals surface area contributed by atoms with E-state index in [0.717, 1.165) is 16.8 Å². The maximum atomic E-state index is 5.43. The third-order valence-electron chi connectivity index (χ3n) is 4.00. The predicted octanol–water partition coefficient (Wildman–Crippen LogP) is 4.03. The normalized spacial score (nSPS) is 10.9. The Labute approximate surface area is 139 Å². The number of aryl methyl sites for hydroxylation is 1. The zero-order valence-corrected chi connectivity index (χ0v) is 13.2. The van der Waals surface area contributed by atoms with Crippen molar-refractivity contribution in [1.82, 2.24) is 20.3 Å². The molecule has 5 heteroatoms. The molecule has 2 aromatic heterocycles. The van der Waals surface area contributed by atoms with Gasteiger partial charge in [-0.3, -0.25) is 5.10 Å². The molecule has 0 aliphatic carbocycles. The van der Waals surface area contributed by atoms with Gasteiger partial charge in [-0.1, -0.05) is 47.6 Å². The lowest BCUT2D eigenvalue weighted by Crippen LogP contribution is -1.91. The van der Waals surface area contributed by atoms with Gasteiger partial charge in [0.05, 0.1) is 12.1 Å². The van der Waals surface area contributed by atoms with Gasteiger partial charge in [0.15, 0.2) is 0 Å². The Morgan fingerprint density at radius 2 is 1.88 bits per heavy atom. The minimum Gasteiger partial charge on any atom is -0.339 e. The van der Waals surface area contributed by atoms with Gasteiger partial charge in [-0.05, 0) is 30.2 Å². The summed E-state index contributed by atoms with van der Waals surface area (Å²) < 4.78 is 5.43. The van der Waals surface area contributed by atoms with Crippen molar-refractivity contribution in [3.63, 3.8) is 0 Å². The summed E-state index contributed by atoms with van der Waals surface area (Å²) in [5.74, 6) is 1.21. The molecule has 0 unspecified atom stereocenters. The summed E-state index contributed by atoms with van der Waals surface area (Å²) in [6.07, 6.45) is 2.37. The molecule has 118 valence electrons. The average molecular weight is 316 g/mol. The Kier molecular flexibility index (Phi) is 3.67. The van der Waals surface area contributed by atoms with Gasteiger partial charge in [0.1, 0.15) is 0 Å². The first-order valence-corrected chi connectivity index (χ1v) is 7.77. The first-order valence-electron chi connectivity index (χ1n) is 7.77. The molecule has 0 aliphatic rings. The second kappa shape index (κ2) is 6.12. The van der Waals surface area contributed by atoms with Crippen LogP contribution in [-0.2, 0) is 6.42 Å². The molecule has 0 saturated carbocycles. The second-order valence-corrected chi connectivity index (χ2v) is 5.67. The standard InChI is InChI=1S/C19H16N4O/c1-13-5-2-3-6-14(13)12-18-21-19(23-24-18)16-8-4-7-15(11-16)17-9-10-20-22-17/h2-11H,12H2,1H3,(H,20,22). The van der Waals surface area contributed by atoms with Crippen molar-refractivity contribution in [2.75, 3.05) is 0 Å². The molecule has 0 radical (unpaired) electrons. The lowest BCUT2D eigenvalue weighted by molar-refractivity contribution is 0.385. The van der Waals surface area contributed by atoms with Gasteiger partial charge >= 0.3 is 0 Å². The lowest BCUT2D eigenvalue weighted by Gasteiger charge is -2.01. The smallest absolute Gasteiger partial charge is 0.231 e. The van der Waals surface area contributed by atoms with Crippen LogP contribution in [0.15, 0.2) is 65.3 Å². The van der Waals surface area contributed by atoms with Gasteiger partial charge in [0, 0.05) is 17.3 Å². The Morgan fingerprint density at radius 1 is 1.00 bits per heavy atom. The topological polar surface area (TPSA) is 67.6 Å². The number of H-pyrrole nitrogens is 1. The van der Waals surface area contributed by atoms with Crippen molar-refractivity contribution in [3.05, 3.63) is 77.8 Å². The number of hydrogen-bond acceptors (Lipinski definition) is 4. The van der Waals surface area contributed by atoms with Gasteiger partial charge < -0.3 is 4.52 Å². The Balaban J connectivity index is 1.61. The van der Waals surface area contributed by atoms with E-state index in [-0.39, 0.29) is 0 Å². The van der Waals surface area contributed by atoms with Gasteiger partial charge in [-0.15, -0.1) is 0 Å². The molecule has 5 nitrogen and oxygen atoms in total. The summed E-state index contributed by atoms with van der Waals surface area (Å²) in [7, 11) is 0. The fourth-order valence-electron chi connectivity index (χ4n) is 2.66. The van der Waals surface area contributed by atoms with Crippen LogP contribution in [-0.4, -0.2) is 20.3 Å². The summed E-state index contributed by atoms with van der Waals surface area (Å²) in [5, 5.41) is 11.1. The molecule has 0 atom stereocenters. The molecule has 0 bridgehead atoms. The molecule has 4 rings (SSSR count). The molecule has 2 heterocycles. The summed E-state index contributed by atoms with van der Waals surface area (Å²) in [5.41, 5.74) is 5.33. The van der Waals surface area contributed by atoms with Crippen molar-refractivity contribution < 1.29 is 4.52 Å². The number of nitrogens with zero attached hydrogens (tertiary/aromatic N) is 3. The SMILES string of the molecule is Cc1ccccc1Cc1nc(-c2cccc(-c3ccn[nH]3)c2)no1. The van der Waals surface area contributed by atoms with Crippen molar-refractivity contribution in [2.45, 2.75) is 13.3 Å². The van der Waals surface area contributed by atoms with Crippen LogP contribution in [0.5, 0.6) is 0 Å². The van der Waals surface area contributed by atoms with Gasteiger partial charge in [0.2, 0.25) is 11.7 Å². The summed E-state index contributed by atoms with van der Waals surface area (Å²) in [6, 6.07) is 18.1. The number of hydrogen-bond donors (Lipinski definition) is 1. The maximum Gasteiger partial charge on any atom is 0.231 e. The highest BCUT2D eigenvalue weighted by Crippen LogP contribution is 2.24. The van der Waals surface area contributed by atoms with Crippen LogP contribution in [0.1, 0.15) is 17.0 Å². The van der Waals surface area contributed by atoms with Crippen LogP contribution in [0.4, 0.5) is 0 Å². The average Bonchev–Trinajstić information content (AvgIpc) is 3.29. The van der Waals surface area contributed by atoms with Crippen LogP contribution in [0.2, 0.25) is 0 Å². The highest BCUT2D eigenvalue weighted by molar-refractivity contribution is 5.67. The third kappa shape index (κ3) is 2.84. The Morgan fingerprint density at radius 3 is 2.71 bits per heavy atom. The molecular formula is C19H16N4O. The van der Waals surface area contributed by atoms with Crippen molar-refractivity contribution >= 4 is 0 Å². The van der Waals surface area contributed by atoms with E-state index in [4.69, 9.17) is 4.52 Å². The summed E-state index contributed by atoms with van der Waals surface area (Å²) >= 11 is 0. The van der Waals surface area contributed by atoms with Crippen LogP contribution in [0.25, 0.3) is 22.6 Å². The third-order valence-corrected chi connectivity index (χ3v) is 4.00. The molecule has 0 aliphatic heterocycles. The maximum absolute atomic E-state index is 5.43. The van der Waals surface area contributed by atoms with Crippen LogP contribution in [0.3, 0.4) is 0 Å². The van der Waals surface area contributed by atoms with Gasteiger partial charge in [0.25, 0.3) is 0 Å². The van der Waals surface area contributed by atoms with Gasteiger partial charge in [-0.2, -0.15) is 10.1 Å². The lowest BCUT2D eigenvalue weighted by atomic mass is 10.1. The summed E-state index contributed by atoms with van der Waals surface area (Å²) in [4.78, 5) is 4.54. The molecule has 4 aromatic rings. The molecule has 0 saturated heterocycles. The largest absolute Gasteiger partial charge is 0.339 e. The van der Waals surface area contributed by atoms with E-state index in [1.165, 1.54) is 11.1 Å². The van der Waals surface area contributed by atoms with E-state index < -0.39 is 0 Å². The fourth-order valence-corrected chi connectivity index (χ4v) is 2.66. The van der Waals surface area contributed by atoms with Crippen LogP contribution < -0.4 is 0 Å². The van der Waals surface area contributed by atoms with Crippen LogP contribution in [0, 0.1) is 6.92 Å². The van der Waals surface area contributed by atoms with Gasteiger partial charge in [-0.25, -0.2) is 0 Å². The molecule has 24 heavy (non-hydrogen) atoms. The highest BCUT2D eigenvalue weighted by atomic mass is 16.5. The molecule has 0 spiro atoms. The van der Waals surface area contributed by atoms with E-state index in [2.05, 4.69) is 39.4 Å². The second-order valence-electron chi connectivity index (χ2n) is 5.67. The van der Waals surface area contributed by atoms with E-state index in [9.17, 15) is 0 Å². The van der Waals surface area contributed by atoms with Crippen molar-refractivity contribution in [2.24, 2.45) is 0 Å². The van der Waals surface area contributed by atoms with E-state index in [1.54, 1.807) is 6.20 Å². The monoisotopic (exact) mass is 316 g/mol. The highest BCUT2D eigenvalue weighted by Gasteiger charge is 2.11. The van der Waals surface area contributed by atoms with Crippen molar-refractivity contribution in [3.8, 4) is 22.6 Å². The quantitative estimate of drug-likeness (QED) is 0.617. The number of aromatic nitrogens is 4. The Hall–Kier alpha value is -3.21. The van der Waals surface area contributed by atoms with Crippen molar-refractivity contribution in [1.29, 1.82) is 0 Å². The predicted molar refractivity (Wildman–Crippen MR) is 91.3 cm³/mol. The molecule has 0 amide bonds. The molecule has 0 fully saturated rings. The molecule has 1 N–H and O–H groups in total. The molecular weight excluding hydrogens is 300 g/mol. The minimum absolute atomic E-state index is 0.597. The number of benzene rings is 2. The van der Waals surface area contributed by atoms with E-state index in [0.29, 0.717) is 18.1 Å². The van der Waals surface area contributed by atoms with E-state index in [1.807, 2.05) is 42.5 Å².